The summed E-state index contributed by atoms with van der Waals surface area (Å²) in [5, 5.41) is 10.7. The number of allylic oxidation sites excluding steroid dienone is 4. The minimum Gasteiger partial charge on any atom is -0.381 e. The second kappa shape index (κ2) is 16.6. The van der Waals surface area contributed by atoms with Gasteiger partial charge in [0.15, 0.2) is 5.84 Å². The minimum atomic E-state index is -0.269. The van der Waals surface area contributed by atoms with Gasteiger partial charge < -0.3 is 16.0 Å². The first-order valence-electron chi connectivity index (χ1n) is 20.4. The largest absolute Gasteiger partial charge is 0.381 e. The van der Waals surface area contributed by atoms with E-state index in [0.29, 0.717) is 5.84 Å². The Balaban J connectivity index is 1.05. The number of hydrogen-bond donors (Lipinski definition) is 3. The van der Waals surface area contributed by atoms with Crippen LogP contribution in [0.15, 0.2) is 222 Å². The molecule has 0 saturated carbocycles. The van der Waals surface area contributed by atoms with Gasteiger partial charge >= 0.3 is 0 Å². The van der Waals surface area contributed by atoms with E-state index in [4.69, 9.17) is 15.0 Å². The molecule has 3 aliphatic rings. The first-order chi connectivity index (χ1) is 29.7. The van der Waals surface area contributed by atoms with Gasteiger partial charge in [-0.2, -0.15) is 0 Å². The Kier molecular flexibility index (Phi) is 10.1. The third kappa shape index (κ3) is 7.87. The molecule has 3 aliphatic heterocycles. The number of pyridine rings is 1. The van der Waals surface area contributed by atoms with E-state index in [2.05, 4.69) is 174 Å². The average Bonchev–Trinajstić information content (AvgIpc) is 3.35. The molecule has 2 atom stereocenters. The molecule has 0 aliphatic carbocycles. The lowest BCUT2D eigenvalue weighted by Crippen LogP contribution is -2.33. The predicted molar refractivity (Wildman–Crippen MR) is 247 cm³/mol. The number of benzene rings is 6. The Morgan fingerprint density at radius 3 is 1.82 bits per heavy atom. The van der Waals surface area contributed by atoms with Crippen molar-refractivity contribution in [3.63, 3.8) is 0 Å². The van der Waals surface area contributed by atoms with Crippen molar-refractivity contribution in [1.29, 1.82) is 0 Å². The van der Waals surface area contributed by atoms with Gasteiger partial charge in [-0.05, 0) is 99.8 Å². The third-order valence-electron chi connectivity index (χ3n) is 11.0. The molecule has 2 unspecified atom stereocenters. The topological polar surface area (TPSA) is 73.7 Å². The molecule has 60 heavy (non-hydrogen) atoms. The van der Waals surface area contributed by atoms with Gasteiger partial charge in [0.2, 0.25) is 0 Å². The summed E-state index contributed by atoms with van der Waals surface area (Å²) >= 11 is 0. The number of rotatable bonds is 9. The zero-order valence-electron chi connectivity index (χ0n) is 32.9. The highest BCUT2D eigenvalue weighted by atomic mass is 15.2. The number of nitrogens with zero attached hydrogens (tertiary/aromatic N) is 3. The summed E-state index contributed by atoms with van der Waals surface area (Å²) in [5.74, 6) is 1.49. The number of aromatic nitrogens is 1. The molecule has 0 saturated heterocycles. The lowest BCUT2D eigenvalue weighted by atomic mass is 9.92. The molecule has 4 heterocycles. The van der Waals surface area contributed by atoms with Crippen LogP contribution in [0.25, 0.3) is 50.5 Å². The van der Waals surface area contributed by atoms with E-state index in [0.717, 1.165) is 85.1 Å². The number of dihydropyridines is 2. The summed E-state index contributed by atoms with van der Waals surface area (Å²) in [7, 11) is 0. The molecule has 1 aromatic heterocycles. The van der Waals surface area contributed by atoms with Crippen molar-refractivity contribution < 1.29 is 0 Å². The predicted octanol–water partition coefficient (Wildman–Crippen LogP) is 11.5. The van der Waals surface area contributed by atoms with E-state index in [-0.39, 0.29) is 12.2 Å². The molecule has 6 heteroatoms. The summed E-state index contributed by atoms with van der Waals surface area (Å²) in [4.78, 5) is 15.5. The van der Waals surface area contributed by atoms with E-state index in [1.807, 2.05) is 54.7 Å². The molecule has 0 spiro atoms. The zero-order chi connectivity index (χ0) is 40.1. The summed E-state index contributed by atoms with van der Waals surface area (Å²) in [6.07, 6.45) is 14.5. The second-order valence-corrected chi connectivity index (χ2v) is 15.0. The molecule has 0 bridgehead atoms. The fourth-order valence-corrected chi connectivity index (χ4v) is 7.89. The molecule has 288 valence electrons. The molecule has 6 aromatic carbocycles. The van der Waals surface area contributed by atoms with Gasteiger partial charge in [0.25, 0.3) is 0 Å². The van der Waals surface area contributed by atoms with Crippen molar-refractivity contribution in [2.24, 2.45) is 9.98 Å². The van der Waals surface area contributed by atoms with Crippen LogP contribution >= 0.6 is 0 Å². The molecule has 0 fully saturated rings. The Hall–Kier alpha value is -7.83. The Morgan fingerprint density at radius 2 is 1.10 bits per heavy atom. The second-order valence-electron chi connectivity index (χ2n) is 15.0. The van der Waals surface area contributed by atoms with Crippen LogP contribution in [-0.2, 0) is 0 Å². The van der Waals surface area contributed by atoms with Crippen LogP contribution < -0.4 is 16.0 Å². The maximum atomic E-state index is 5.31. The minimum absolute atomic E-state index is 0.0615. The summed E-state index contributed by atoms with van der Waals surface area (Å²) < 4.78 is 0. The maximum absolute atomic E-state index is 5.31. The fraction of sp³-hybridized carbons (Fsp3) is 0.0556. The Labute approximate surface area is 350 Å². The molecular formula is C54H42N6. The highest BCUT2D eigenvalue weighted by Gasteiger charge is 2.22. The quantitative estimate of drug-likeness (QED) is 0.137. The van der Waals surface area contributed by atoms with Gasteiger partial charge in [0, 0.05) is 34.5 Å². The fourth-order valence-electron chi connectivity index (χ4n) is 7.89. The van der Waals surface area contributed by atoms with Crippen LogP contribution in [0, 0.1) is 0 Å². The molecule has 6 nitrogen and oxygen atoms in total. The van der Waals surface area contributed by atoms with Crippen LogP contribution in [0.2, 0.25) is 0 Å². The molecule has 10 rings (SSSR count). The lowest BCUT2D eigenvalue weighted by molar-refractivity contribution is 0.674. The van der Waals surface area contributed by atoms with Gasteiger partial charge in [-0.3, -0.25) is 0 Å². The van der Waals surface area contributed by atoms with Crippen LogP contribution in [0.4, 0.5) is 0 Å². The van der Waals surface area contributed by atoms with Crippen molar-refractivity contribution >= 4 is 17.4 Å². The lowest BCUT2D eigenvalue weighted by Gasteiger charge is -2.23. The number of nitrogens with one attached hydrogen (secondary N) is 3. The summed E-state index contributed by atoms with van der Waals surface area (Å²) in [5.41, 5.74) is 14.8. The van der Waals surface area contributed by atoms with Crippen LogP contribution in [0.3, 0.4) is 0 Å². The van der Waals surface area contributed by atoms with Crippen molar-refractivity contribution in [3.8, 4) is 44.8 Å². The monoisotopic (exact) mass is 774 g/mol. The zero-order valence-corrected chi connectivity index (χ0v) is 32.9. The Morgan fingerprint density at radius 1 is 0.483 bits per heavy atom. The highest BCUT2D eigenvalue weighted by molar-refractivity contribution is 6.13. The summed E-state index contributed by atoms with van der Waals surface area (Å²) in [6.45, 7) is 0.800. The molecule has 3 N–H and O–H groups in total. The number of aliphatic imine (C=N–C) groups is 2. The van der Waals surface area contributed by atoms with Gasteiger partial charge in [-0.15, -0.1) is 0 Å². The first kappa shape index (κ1) is 36.5. The van der Waals surface area contributed by atoms with E-state index >= 15 is 0 Å². The van der Waals surface area contributed by atoms with Crippen LogP contribution in [-0.4, -0.2) is 23.2 Å². The molecular weight excluding hydrogens is 733 g/mol. The van der Waals surface area contributed by atoms with Gasteiger partial charge in [0.1, 0.15) is 12.0 Å². The van der Waals surface area contributed by atoms with Crippen LogP contribution in [0.1, 0.15) is 40.0 Å². The molecule has 7 aromatic rings. The standard InChI is InChI=1S/C54H42N6/c1-4-16-37(17-5-1)50-35-45(44-32-46(48-26-10-12-28-55-48)34-47(33-44)49-27-11-13-29-56-49)36-51(57-50)42-24-14-22-40(30-42)41-23-15-25-43(31-41)54-59-52(38-18-6-2-7-19-38)58-53(60-54)39-20-8-3-9-21-39/h1-28,30-36,48,52,55-56H,29H2,(H,58,59,60). The Bertz CT molecular complexity index is 2870. The van der Waals surface area contributed by atoms with Gasteiger partial charge in [-0.1, -0.05) is 152 Å². The highest BCUT2D eigenvalue weighted by Crippen LogP contribution is 2.35. The first-order valence-corrected chi connectivity index (χ1v) is 20.4. The van der Waals surface area contributed by atoms with E-state index < -0.39 is 0 Å². The molecule has 0 radical (unpaired) electrons. The number of hydrogen-bond acceptors (Lipinski definition) is 6. The van der Waals surface area contributed by atoms with Crippen molar-refractivity contribution in [2.75, 3.05) is 6.54 Å². The normalized spacial score (nSPS) is 16.8. The average molecular weight is 775 g/mol. The van der Waals surface area contributed by atoms with E-state index in [1.165, 1.54) is 5.56 Å². The summed E-state index contributed by atoms with van der Waals surface area (Å²) in [6, 6.07) is 59.6. The van der Waals surface area contributed by atoms with Crippen LogP contribution in [0.5, 0.6) is 0 Å². The van der Waals surface area contributed by atoms with Gasteiger partial charge in [-0.25, -0.2) is 15.0 Å². The van der Waals surface area contributed by atoms with Crippen molar-refractivity contribution in [1.82, 2.24) is 20.9 Å². The number of amidine groups is 2. The van der Waals surface area contributed by atoms with E-state index in [9.17, 15) is 0 Å². The van der Waals surface area contributed by atoms with E-state index in [1.54, 1.807) is 0 Å². The van der Waals surface area contributed by atoms with Gasteiger partial charge in [0.05, 0.1) is 17.4 Å². The smallest absolute Gasteiger partial charge is 0.159 e. The molecule has 0 amide bonds. The van der Waals surface area contributed by atoms with Crippen molar-refractivity contribution in [2.45, 2.75) is 12.2 Å². The maximum Gasteiger partial charge on any atom is 0.159 e. The van der Waals surface area contributed by atoms with Crippen molar-refractivity contribution in [3.05, 3.63) is 240 Å². The SMILES string of the molecule is C1=CCNC(c2cc(-c3cc(-c4ccccc4)nc(-c4cccc(-c5cccc(C6=NC(c7ccccc7)NC(c7ccccc7)=N6)c5)c4)c3)cc(C3C=CC=CN3)c2)=C1. The third-order valence-corrected chi connectivity index (χ3v) is 11.0.